The molecular weight excluding hydrogens is 295 g/mol. The minimum atomic E-state index is -0.426. The molecule has 0 saturated carbocycles. The van der Waals surface area contributed by atoms with Crippen molar-refractivity contribution in [3.8, 4) is 5.75 Å². The van der Waals surface area contributed by atoms with Gasteiger partial charge in [0, 0.05) is 23.7 Å². The summed E-state index contributed by atoms with van der Waals surface area (Å²) in [4.78, 5) is 16.5. The van der Waals surface area contributed by atoms with E-state index in [9.17, 15) is 9.18 Å². The van der Waals surface area contributed by atoms with Gasteiger partial charge in [0.25, 0.3) is 5.91 Å². The van der Waals surface area contributed by atoms with E-state index >= 15 is 0 Å². The van der Waals surface area contributed by atoms with Gasteiger partial charge in [-0.1, -0.05) is 12.1 Å². The standard InChI is InChI=1S/C18H15FN2O2/c1-23-17-9-12(4-6-15(17)19)11-21-18(22)14-5-7-16-13(10-14)3-2-8-20-16/h2-10H,11H2,1H3,(H,21,22). The van der Waals surface area contributed by atoms with Gasteiger partial charge in [0.2, 0.25) is 0 Å². The molecule has 5 heteroatoms. The fourth-order valence-corrected chi connectivity index (χ4v) is 2.32. The van der Waals surface area contributed by atoms with Crippen LogP contribution in [0.3, 0.4) is 0 Å². The normalized spacial score (nSPS) is 10.5. The number of ether oxygens (including phenoxy) is 1. The molecule has 1 heterocycles. The number of aromatic nitrogens is 1. The van der Waals surface area contributed by atoms with Crippen LogP contribution in [0.15, 0.2) is 54.7 Å². The maximum Gasteiger partial charge on any atom is 0.251 e. The number of nitrogens with zero attached hydrogens (tertiary/aromatic N) is 1. The number of hydrogen-bond acceptors (Lipinski definition) is 3. The first kappa shape index (κ1) is 15.0. The first-order valence-corrected chi connectivity index (χ1v) is 7.13. The lowest BCUT2D eigenvalue weighted by atomic mass is 10.1. The molecule has 0 atom stereocenters. The number of carbonyl (C=O) groups is 1. The minimum absolute atomic E-state index is 0.161. The Bertz CT molecular complexity index is 865. The van der Waals surface area contributed by atoms with Crippen molar-refractivity contribution in [2.75, 3.05) is 7.11 Å². The Kier molecular flexibility index (Phi) is 4.19. The Labute approximate surface area is 132 Å². The quantitative estimate of drug-likeness (QED) is 0.804. The molecule has 0 bridgehead atoms. The molecule has 4 nitrogen and oxygen atoms in total. The maximum atomic E-state index is 13.4. The van der Waals surface area contributed by atoms with Crippen molar-refractivity contribution in [2.45, 2.75) is 6.54 Å². The lowest BCUT2D eigenvalue weighted by Gasteiger charge is -2.08. The number of amides is 1. The van der Waals surface area contributed by atoms with E-state index in [1.807, 2.05) is 18.2 Å². The molecule has 0 radical (unpaired) electrons. The van der Waals surface area contributed by atoms with Crippen LogP contribution >= 0.6 is 0 Å². The van der Waals surface area contributed by atoms with E-state index < -0.39 is 5.82 Å². The molecule has 0 aliphatic rings. The molecule has 116 valence electrons. The van der Waals surface area contributed by atoms with E-state index in [0.29, 0.717) is 12.1 Å². The van der Waals surface area contributed by atoms with Crippen molar-refractivity contribution in [3.05, 3.63) is 71.7 Å². The zero-order valence-electron chi connectivity index (χ0n) is 12.5. The first-order valence-electron chi connectivity index (χ1n) is 7.13. The molecule has 0 aliphatic carbocycles. The van der Waals surface area contributed by atoms with Crippen molar-refractivity contribution in [1.82, 2.24) is 10.3 Å². The van der Waals surface area contributed by atoms with E-state index in [2.05, 4.69) is 10.3 Å². The van der Waals surface area contributed by atoms with Crippen molar-refractivity contribution >= 4 is 16.8 Å². The molecule has 1 amide bonds. The van der Waals surface area contributed by atoms with E-state index in [0.717, 1.165) is 16.5 Å². The number of benzene rings is 2. The van der Waals surface area contributed by atoms with Gasteiger partial charge in [0.15, 0.2) is 11.6 Å². The highest BCUT2D eigenvalue weighted by molar-refractivity contribution is 5.97. The summed E-state index contributed by atoms with van der Waals surface area (Å²) in [6.45, 7) is 0.292. The van der Waals surface area contributed by atoms with E-state index in [1.54, 1.807) is 30.5 Å². The van der Waals surface area contributed by atoms with Crippen molar-refractivity contribution < 1.29 is 13.9 Å². The number of methoxy groups -OCH3 is 1. The maximum absolute atomic E-state index is 13.4. The number of rotatable bonds is 4. The highest BCUT2D eigenvalue weighted by atomic mass is 19.1. The van der Waals surface area contributed by atoms with Crippen LogP contribution < -0.4 is 10.1 Å². The van der Waals surface area contributed by atoms with Crippen LogP contribution in [-0.4, -0.2) is 18.0 Å². The fourth-order valence-electron chi connectivity index (χ4n) is 2.32. The van der Waals surface area contributed by atoms with Gasteiger partial charge in [0.05, 0.1) is 12.6 Å². The molecule has 1 N–H and O–H groups in total. The third kappa shape index (κ3) is 3.29. The van der Waals surface area contributed by atoms with Gasteiger partial charge in [-0.2, -0.15) is 0 Å². The van der Waals surface area contributed by atoms with Gasteiger partial charge in [-0.3, -0.25) is 9.78 Å². The summed E-state index contributed by atoms with van der Waals surface area (Å²) in [5.74, 6) is -0.461. The van der Waals surface area contributed by atoms with E-state index in [1.165, 1.54) is 13.2 Å². The van der Waals surface area contributed by atoms with Crippen molar-refractivity contribution in [2.24, 2.45) is 0 Å². The Morgan fingerprint density at radius 2 is 2.09 bits per heavy atom. The summed E-state index contributed by atoms with van der Waals surface area (Å²) in [6.07, 6.45) is 1.71. The minimum Gasteiger partial charge on any atom is -0.494 e. The van der Waals surface area contributed by atoms with Crippen molar-refractivity contribution in [1.29, 1.82) is 0 Å². The monoisotopic (exact) mass is 310 g/mol. The summed E-state index contributed by atoms with van der Waals surface area (Å²) < 4.78 is 18.3. The molecule has 0 fully saturated rings. The SMILES string of the molecule is COc1cc(CNC(=O)c2ccc3ncccc3c2)ccc1F. The van der Waals surface area contributed by atoms with Gasteiger partial charge < -0.3 is 10.1 Å². The molecule has 23 heavy (non-hydrogen) atoms. The predicted molar refractivity (Wildman–Crippen MR) is 85.9 cm³/mol. The smallest absolute Gasteiger partial charge is 0.251 e. The molecular formula is C18H15FN2O2. The molecule has 0 saturated heterocycles. The molecule has 0 spiro atoms. The van der Waals surface area contributed by atoms with Gasteiger partial charge >= 0.3 is 0 Å². The van der Waals surface area contributed by atoms with Gasteiger partial charge in [-0.05, 0) is 42.0 Å². The van der Waals surface area contributed by atoms with Crippen LogP contribution in [0.1, 0.15) is 15.9 Å². The Balaban J connectivity index is 1.73. The third-order valence-corrected chi connectivity index (χ3v) is 3.53. The van der Waals surface area contributed by atoms with Gasteiger partial charge in [-0.25, -0.2) is 4.39 Å². The summed E-state index contributed by atoms with van der Waals surface area (Å²) in [7, 11) is 1.41. The van der Waals surface area contributed by atoms with Gasteiger partial charge in [-0.15, -0.1) is 0 Å². The van der Waals surface area contributed by atoms with Crippen LogP contribution in [0.5, 0.6) is 5.75 Å². The second-order valence-corrected chi connectivity index (χ2v) is 5.06. The summed E-state index contributed by atoms with van der Waals surface area (Å²) in [5.41, 5.74) is 2.16. The predicted octanol–water partition coefficient (Wildman–Crippen LogP) is 3.31. The number of pyridine rings is 1. The third-order valence-electron chi connectivity index (χ3n) is 3.53. The fraction of sp³-hybridized carbons (Fsp3) is 0.111. The van der Waals surface area contributed by atoms with Crippen LogP contribution in [-0.2, 0) is 6.54 Å². The van der Waals surface area contributed by atoms with Crippen LogP contribution in [0.25, 0.3) is 10.9 Å². The average molecular weight is 310 g/mol. The Hall–Kier alpha value is -2.95. The Morgan fingerprint density at radius 1 is 1.22 bits per heavy atom. The van der Waals surface area contributed by atoms with E-state index in [4.69, 9.17) is 4.74 Å². The first-order chi connectivity index (χ1) is 11.2. The molecule has 3 aromatic rings. The second kappa shape index (κ2) is 6.44. The number of nitrogens with one attached hydrogen (secondary N) is 1. The van der Waals surface area contributed by atoms with Crippen molar-refractivity contribution in [3.63, 3.8) is 0 Å². The average Bonchev–Trinajstić information content (AvgIpc) is 2.60. The summed E-state index contributed by atoms with van der Waals surface area (Å²) >= 11 is 0. The lowest BCUT2D eigenvalue weighted by Crippen LogP contribution is -2.22. The molecule has 0 unspecified atom stereocenters. The van der Waals surface area contributed by atoms with Crippen LogP contribution in [0, 0.1) is 5.82 Å². The number of hydrogen-bond donors (Lipinski definition) is 1. The largest absolute Gasteiger partial charge is 0.494 e. The summed E-state index contributed by atoms with van der Waals surface area (Å²) in [5, 5.41) is 3.72. The molecule has 1 aromatic heterocycles. The molecule has 2 aromatic carbocycles. The van der Waals surface area contributed by atoms with Crippen LogP contribution in [0.4, 0.5) is 4.39 Å². The number of fused-ring (bicyclic) bond motifs is 1. The summed E-state index contributed by atoms with van der Waals surface area (Å²) in [6, 6.07) is 13.6. The van der Waals surface area contributed by atoms with Crippen LogP contribution in [0.2, 0.25) is 0 Å². The molecule has 3 rings (SSSR count). The zero-order valence-corrected chi connectivity index (χ0v) is 12.5. The highest BCUT2D eigenvalue weighted by Crippen LogP contribution is 2.18. The number of carbonyl (C=O) groups excluding carboxylic acids is 1. The second-order valence-electron chi connectivity index (χ2n) is 5.06. The van der Waals surface area contributed by atoms with Gasteiger partial charge in [0.1, 0.15) is 0 Å². The highest BCUT2D eigenvalue weighted by Gasteiger charge is 2.08. The van der Waals surface area contributed by atoms with E-state index in [-0.39, 0.29) is 11.7 Å². The number of halogens is 1. The lowest BCUT2D eigenvalue weighted by molar-refractivity contribution is 0.0951. The zero-order chi connectivity index (χ0) is 16.2. The Morgan fingerprint density at radius 3 is 2.91 bits per heavy atom. The molecule has 0 aliphatic heterocycles. The topological polar surface area (TPSA) is 51.2 Å².